The summed E-state index contributed by atoms with van der Waals surface area (Å²) in [5, 5.41) is 0. The SMILES string of the molecule is Nc1ccc(N)c(-c2ncccn2)c1. The molecule has 0 amide bonds. The Hall–Kier alpha value is -2.10. The van der Waals surface area contributed by atoms with Gasteiger partial charge in [0.1, 0.15) is 0 Å². The van der Waals surface area contributed by atoms with E-state index in [1.54, 1.807) is 36.7 Å². The summed E-state index contributed by atoms with van der Waals surface area (Å²) < 4.78 is 0. The van der Waals surface area contributed by atoms with E-state index in [1.165, 1.54) is 0 Å². The molecule has 4 heteroatoms. The molecule has 0 radical (unpaired) electrons. The maximum absolute atomic E-state index is 5.79. The van der Waals surface area contributed by atoms with Crippen molar-refractivity contribution in [2.45, 2.75) is 0 Å². The van der Waals surface area contributed by atoms with Gasteiger partial charge in [-0.2, -0.15) is 0 Å². The number of rotatable bonds is 1. The molecule has 0 saturated heterocycles. The number of nitrogens with zero attached hydrogens (tertiary/aromatic N) is 2. The van der Waals surface area contributed by atoms with Crippen molar-refractivity contribution in [2.75, 3.05) is 11.5 Å². The van der Waals surface area contributed by atoms with Crippen molar-refractivity contribution in [1.29, 1.82) is 0 Å². The standard InChI is InChI=1S/C10H10N4/c11-7-2-3-9(12)8(6-7)10-13-4-1-5-14-10/h1-6H,11-12H2. The molecule has 0 aliphatic heterocycles. The van der Waals surface area contributed by atoms with Crippen LogP contribution in [-0.4, -0.2) is 9.97 Å². The molecule has 0 aliphatic carbocycles. The average Bonchev–Trinajstić information content (AvgIpc) is 2.23. The maximum atomic E-state index is 5.79. The van der Waals surface area contributed by atoms with Crippen LogP contribution in [0, 0.1) is 0 Å². The van der Waals surface area contributed by atoms with Crippen LogP contribution >= 0.6 is 0 Å². The lowest BCUT2D eigenvalue weighted by atomic mass is 10.1. The Morgan fingerprint density at radius 2 is 1.71 bits per heavy atom. The van der Waals surface area contributed by atoms with Gasteiger partial charge in [0, 0.05) is 29.3 Å². The van der Waals surface area contributed by atoms with Crippen LogP contribution in [-0.2, 0) is 0 Å². The number of benzene rings is 1. The smallest absolute Gasteiger partial charge is 0.161 e. The number of aromatic nitrogens is 2. The highest BCUT2D eigenvalue weighted by Crippen LogP contribution is 2.24. The zero-order chi connectivity index (χ0) is 9.97. The average molecular weight is 186 g/mol. The van der Waals surface area contributed by atoms with Gasteiger partial charge in [-0.1, -0.05) is 0 Å². The van der Waals surface area contributed by atoms with Crippen LogP contribution in [0.1, 0.15) is 0 Å². The molecule has 4 N–H and O–H groups in total. The molecule has 0 fully saturated rings. The second-order valence-corrected chi connectivity index (χ2v) is 2.92. The van der Waals surface area contributed by atoms with Crippen LogP contribution in [0.2, 0.25) is 0 Å². The van der Waals surface area contributed by atoms with Crippen molar-refractivity contribution >= 4 is 11.4 Å². The number of nitrogens with two attached hydrogens (primary N) is 2. The van der Waals surface area contributed by atoms with Gasteiger partial charge in [-0.25, -0.2) is 9.97 Å². The van der Waals surface area contributed by atoms with Gasteiger partial charge in [0.15, 0.2) is 5.82 Å². The number of nitrogen functional groups attached to an aromatic ring is 2. The second kappa shape index (κ2) is 3.33. The van der Waals surface area contributed by atoms with Gasteiger partial charge in [-0.3, -0.25) is 0 Å². The fourth-order valence-corrected chi connectivity index (χ4v) is 1.21. The molecule has 0 bridgehead atoms. The summed E-state index contributed by atoms with van der Waals surface area (Å²) in [7, 11) is 0. The molecule has 0 saturated carbocycles. The maximum Gasteiger partial charge on any atom is 0.161 e. The van der Waals surface area contributed by atoms with Crippen LogP contribution in [0.25, 0.3) is 11.4 Å². The topological polar surface area (TPSA) is 77.8 Å². The predicted octanol–water partition coefficient (Wildman–Crippen LogP) is 1.31. The Kier molecular flexibility index (Phi) is 2.02. The molecule has 1 aromatic carbocycles. The molecule has 2 rings (SSSR count). The summed E-state index contributed by atoms with van der Waals surface area (Å²) in [6, 6.07) is 7.03. The van der Waals surface area contributed by atoms with E-state index >= 15 is 0 Å². The molecular weight excluding hydrogens is 176 g/mol. The van der Waals surface area contributed by atoms with Gasteiger partial charge in [-0.15, -0.1) is 0 Å². The number of anilines is 2. The third kappa shape index (κ3) is 1.50. The lowest BCUT2D eigenvalue weighted by Crippen LogP contribution is -1.95. The Balaban J connectivity index is 2.57. The van der Waals surface area contributed by atoms with E-state index in [1.807, 2.05) is 0 Å². The van der Waals surface area contributed by atoms with Gasteiger partial charge in [-0.05, 0) is 24.3 Å². The summed E-state index contributed by atoms with van der Waals surface area (Å²) in [5.74, 6) is 0.595. The molecule has 0 spiro atoms. The molecule has 0 unspecified atom stereocenters. The fourth-order valence-electron chi connectivity index (χ4n) is 1.21. The van der Waals surface area contributed by atoms with Crippen molar-refractivity contribution in [2.24, 2.45) is 0 Å². The number of hydrogen-bond donors (Lipinski definition) is 2. The molecule has 1 aromatic heterocycles. The van der Waals surface area contributed by atoms with Gasteiger partial charge < -0.3 is 11.5 Å². The van der Waals surface area contributed by atoms with E-state index in [4.69, 9.17) is 11.5 Å². The van der Waals surface area contributed by atoms with Gasteiger partial charge in [0.25, 0.3) is 0 Å². The van der Waals surface area contributed by atoms with Gasteiger partial charge >= 0.3 is 0 Å². The van der Waals surface area contributed by atoms with Crippen LogP contribution in [0.4, 0.5) is 11.4 Å². The Morgan fingerprint density at radius 3 is 2.43 bits per heavy atom. The third-order valence-electron chi connectivity index (χ3n) is 1.88. The molecule has 4 nitrogen and oxygen atoms in total. The number of hydrogen-bond acceptors (Lipinski definition) is 4. The molecule has 2 aromatic rings. The van der Waals surface area contributed by atoms with Crippen molar-refractivity contribution in [3.05, 3.63) is 36.7 Å². The van der Waals surface area contributed by atoms with Crippen LogP contribution in [0.5, 0.6) is 0 Å². The highest BCUT2D eigenvalue weighted by molar-refractivity contribution is 5.74. The Bertz CT molecular complexity index is 439. The highest BCUT2D eigenvalue weighted by atomic mass is 14.9. The van der Waals surface area contributed by atoms with Crippen molar-refractivity contribution in [3.8, 4) is 11.4 Å². The minimum atomic E-state index is 0.595. The Labute approximate surface area is 81.6 Å². The molecule has 0 atom stereocenters. The van der Waals surface area contributed by atoms with E-state index in [0.29, 0.717) is 17.2 Å². The largest absolute Gasteiger partial charge is 0.399 e. The normalized spacial score (nSPS) is 10.0. The monoisotopic (exact) mass is 186 g/mol. The lowest BCUT2D eigenvalue weighted by Gasteiger charge is -2.04. The first-order valence-electron chi connectivity index (χ1n) is 4.20. The summed E-state index contributed by atoms with van der Waals surface area (Å²) in [5.41, 5.74) is 13.5. The first-order chi connectivity index (χ1) is 6.77. The minimum absolute atomic E-state index is 0.595. The quantitative estimate of drug-likeness (QED) is 0.658. The second-order valence-electron chi connectivity index (χ2n) is 2.92. The molecule has 14 heavy (non-hydrogen) atoms. The van der Waals surface area contributed by atoms with E-state index in [-0.39, 0.29) is 0 Å². The molecule has 70 valence electrons. The van der Waals surface area contributed by atoms with Crippen molar-refractivity contribution in [1.82, 2.24) is 9.97 Å². The highest BCUT2D eigenvalue weighted by Gasteiger charge is 2.04. The minimum Gasteiger partial charge on any atom is -0.399 e. The zero-order valence-electron chi connectivity index (χ0n) is 7.51. The van der Waals surface area contributed by atoms with Crippen LogP contribution < -0.4 is 11.5 Å². The Morgan fingerprint density at radius 1 is 1.00 bits per heavy atom. The molecule has 1 heterocycles. The third-order valence-corrected chi connectivity index (χ3v) is 1.88. The molecular formula is C10H10N4. The summed E-state index contributed by atoms with van der Waals surface area (Å²) in [4.78, 5) is 8.21. The fraction of sp³-hybridized carbons (Fsp3) is 0. The lowest BCUT2D eigenvalue weighted by molar-refractivity contribution is 1.18. The van der Waals surface area contributed by atoms with E-state index in [0.717, 1.165) is 5.56 Å². The van der Waals surface area contributed by atoms with Crippen LogP contribution in [0.3, 0.4) is 0 Å². The van der Waals surface area contributed by atoms with E-state index in [9.17, 15) is 0 Å². The van der Waals surface area contributed by atoms with Gasteiger partial charge in [0.05, 0.1) is 0 Å². The summed E-state index contributed by atoms with van der Waals surface area (Å²) in [6.45, 7) is 0. The zero-order valence-corrected chi connectivity index (χ0v) is 7.51. The predicted molar refractivity (Wildman–Crippen MR) is 56.3 cm³/mol. The van der Waals surface area contributed by atoms with Crippen LogP contribution in [0.15, 0.2) is 36.7 Å². The van der Waals surface area contributed by atoms with Crippen molar-refractivity contribution < 1.29 is 0 Å². The van der Waals surface area contributed by atoms with E-state index in [2.05, 4.69) is 9.97 Å². The molecule has 0 aliphatic rings. The van der Waals surface area contributed by atoms with Gasteiger partial charge in [0.2, 0.25) is 0 Å². The summed E-state index contributed by atoms with van der Waals surface area (Å²) in [6.07, 6.45) is 3.34. The first-order valence-corrected chi connectivity index (χ1v) is 4.20. The van der Waals surface area contributed by atoms with E-state index < -0.39 is 0 Å². The summed E-state index contributed by atoms with van der Waals surface area (Å²) >= 11 is 0. The van der Waals surface area contributed by atoms with Crippen molar-refractivity contribution in [3.63, 3.8) is 0 Å². The first kappa shape index (κ1) is 8.50.